The number of hydrogen-bond donors (Lipinski definition) is 3. The van der Waals surface area contributed by atoms with E-state index in [1.54, 1.807) is 12.1 Å². The molecular formula is C21H32Cl3N5O5S. The molecule has 0 radical (unpaired) electrons. The fourth-order valence-electron chi connectivity index (χ4n) is 3.52. The number of aromatic carboxylic acids is 1. The molecule has 2 heterocycles. The summed E-state index contributed by atoms with van der Waals surface area (Å²) >= 11 is 0. The lowest BCUT2D eigenvalue weighted by atomic mass is 10.1. The minimum atomic E-state index is -3.48. The van der Waals surface area contributed by atoms with Crippen molar-refractivity contribution in [2.45, 2.75) is 20.3 Å². The Hall–Kier alpha value is -2.05. The molecule has 0 saturated carbocycles. The van der Waals surface area contributed by atoms with E-state index in [0.717, 1.165) is 6.42 Å². The predicted molar refractivity (Wildman–Crippen MR) is 145 cm³/mol. The highest BCUT2D eigenvalue weighted by Crippen LogP contribution is 2.27. The Morgan fingerprint density at radius 2 is 1.71 bits per heavy atom. The summed E-state index contributed by atoms with van der Waals surface area (Å²) in [6.45, 7) is 7.11. The molecule has 0 aliphatic carbocycles. The number of fused-ring (bicyclic) bond motifs is 1. The largest absolute Gasteiger partial charge is 0.478 e. The number of halogens is 3. The number of anilines is 2. The molecule has 10 nitrogen and oxygen atoms in total. The van der Waals surface area contributed by atoms with E-state index in [9.17, 15) is 23.1 Å². The minimum Gasteiger partial charge on any atom is -0.478 e. The van der Waals surface area contributed by atoms with Gasteiger partial charge in [0.2, 0.25) is 15.9 Å². The fourth-order valence-corrected chi connectivity index (χ4v) is 4.15. The van der Waals surface area contributed by atoms with Crippen molar-refractivity contribution >= 4 is 81.5 Å². The highest BCUT2D eigenvalue weighted by molar-refractivity contribution is 7.92. The first-order valence-corrected chi connectivity index (χ1v) is 12.3. The van der Waals surface area contributed by atoms with Crippen molar-refractivity contribution in [3.05, 3.63) is 29.8 Å². The van der Waals surface area contributed by atoms with Crippen LogP contribution in [0.1, 0.15) is 30.6 Å². The molecule has 1 aromatic carbocycles. The van der Waals surface area contributed by atoms with Gasteiger partial charge >= 0.3 is 5.97 Å². The van der Waals surface area contributed by atoms with Crippen molar-refractivity contribution in [3.8, 4) is 0 Å². The van der Waals surface area contributed by atoms with Gasteiger partial charge in [0.05, 0.1) is 23.4 Å². The molecule has 1 aliphatic rings. The Balaban J connectivity index is 0.00000385. The molecule has 1 amide bonds. The zero-order valence-electron chi connectivity index (χ0n) is 19.5. The third kappa shape index (κ3) is 8.84. The first-order chi connectivity index (χ1) is 15.2. The molecule has 1 fully saturated rings. The molecule has 3 N–H and O–H groups in total. The number of sulfonamides is 1. The van der Waals surface area contributed by atoms with Crippen molar-refractivity contribution < 1.29 is 23.1 Å². The van der Waals surface area contributed by atoms with Gasteiger partial charge in [-0.2, -0.15) is 0 Å². The molecule has 3 rings (SSSR count). The Morgan fingerprint density at radius 1 is 1.06 bits per heavy atom. The summed E-state index contributed by atoms with van der Waals surface area (Å²) in [5.74, 6) is -0.640. The number of carbonyl (C=O) groups excluding carboxylic acids is 1. The van der Waals surface area contributed by atoms with Crippen LogP contribution >= 0.6 is 37.2 Å². The Bertz CT molecular complexity index is 1110. The van der Waals surface area contributed by atoms with Crippen LogP contribution in [0.15, 0.2) is 24.3 Å². The molecular weight excluding hydrogens is 541 g/mol. The Kier molecular flexibility index (Phi) is 13.6. The molecule has 1 saturated heterocycles. The second kappa shape index (κ2) is 14.5. The Morgan fingerprint density at radius 3 is 2.29 bits per heavy atom. The van der Waals surface area contributed by atoms with Gasteiger partial charge in [-0.1, -0.05) is 6.92 Å². The van der Waals surface area contributed by atoms with Crippen LogP contribution in [0.2, 0.25) is 0 Å². The van der Waals surface area contributed by atoms with Crippen molar-refractivity contribution in [2.24, 2.45) is 0 Å². The summed E-state index contributed by atoms with van der Waals surface area (Å²) in [6, 6.07) is 6.21. The average Bonchev–Trinajstić information content (AvgIpc) is 2.77. The quantitative estimate of drug-likeness (QED) is 0.418. The van der Waals surface area contributed by atoms with Crippen LogP contribution in [-0.2, 0) is 14.8 Å². The monoisotopic (exact) mass is 571 g/mol. The number of carboxylic acids is 1. The summed E-state index contributed by atoms with van der Waals surface area (Å²) in [6.07, 6.45) is 0.894. The van der Waals surface area contributed by atoms with Crippen LogP contribution in [0.5, 0.6) is 0 Å². The van der Waals surface area contributed by atoms with E-state index in [0.29, 0.717) is 61.7 Å². The molecule has 0 bridgehead atoms. The number of pyridine rings is 1. The molecule has 1 aromatic heterocycles. The average molecular weight is 573 g/mol. The van der Waals surface area contributed by atoms with Crippen LogP contribution in [0, 0.1) is 0 Å². The molecule has 0 spiro atoms. The third-order valence-corrected chi connectivity index (χ3v) is 6.62. The first-order valence-electron chi connectivity index (χ1n) is 10.6. The molecule has 0 atom stereocenters. The van der Waals surface area contributed by atoms with Crippen molar-refractivity contribution in [2.75, 3.05) is 54.6 Å². The summed E-state index contributed by atoms with van der Waals surface area (Å²) < 4.78 is 26.1. The number of piperazine rings is 1. The molecule has 2 aromatic rings. The lowest BCUT2D eigenvalue weighted by Crippen LogP contribution is -2.49. The van der Waals surface area contributed by atoms with Crippen molar-refractivity contribution in [3.63, 3.8) is 0 Å². The maximum atomic E-state index is 11.9. The lowest BCUT2D eigenvalue weighted by molar-refractivity contribution is -0.122. The number of benzene rings is 1. The molecule has 0 unspecified atom stereocenters. The third-order valence-electron chi connectivity index (χ3n) is 5.31. The van der Waals surface area contributed by atoms with Gasteiger partial charge in [0.25, 0.3) is 0 Å². The van der Waals surface area contributed by atoms with Gasteiger partial charge in [-0.05, 0) is 37.6 Å². The van der Waals surface area contributed by atoms with Gasteiger partial charge < -0.3 is 15.3 Å². The second-order valence-electron chi connectivity index (χ2n) is 7.68. The van der Waals surface area contributed by atoms with Crippen LogP contribution < -0.4 is 14.9 Å². The maximum absolute atomic E-state index is 11.9. The lowest BCUT2D eigenvalue weighted by Gasteiger charge is -2.35. The standard InChI is InChI=1S/C21H29N5O5S.3ClH/c1-3-7-22-20(27)14-25-8-10-26(11-9-25)19-13-17(21(28)29)16-12-15(5-6-18(16)23-19)24-32(30,31)4-2;;;/h5-6,12-13,24H,3-4,7-11,14H2,1-2H3,(H,22,27)(H,28,29);3*1H. The SMILES string of the molecule is CCCNC(=O)CN1CCN(c2cc(C(=O)O)c3cc(NS(=O)(=O)CC)ccc3n2)CC1.Cl.Cl.Cl. The number of nitrogens with one attached hydrogen (secondary N) is 2. The number of aromatic nitrogens is 1. The van der Waals surface area contributed by atoms with Gasteiger partial charge in [0.1, 0.15) is 5.82 Å². The van der Waals surface area contributed by atoms with Gasteiger partial charge in [-0.15, -0.1) is 37.2 Å². The zero-order valence-corrected chi connectivity index (χ0v) is 22.8. The highest BCUT2D eigenvalue weighted by atomic mass is 35.5. The summed E-state index contributed by atoms with van der Waals surface area (Å²) in [5, 5.41) is 13.0. The van der Waals surface area contributed by atoms with Gasteiger partial charge in [0.15, 0.2) is 0 Å². The van der Waals surface area contributed by atoms with Crippen LogP contribution in [0.3, 0.4) is 0 Å². The Labute approximate surface area is 224 Å². The zero-order chi connectivity index (χ0) is 23.3. The van der Waals surface area contributed by atoms with Crippen molar-refractivity contribution in [1.82, 2.24) is 15.2 Å². The van der Waals surface area contributed by atoms with Crippen LogP contribution in [0.25, 0.3) is 10.9 Å². The number of nitrogens with zero attached hydrogens (tertiary/aromatic N) is 3. The normalized spacial score (nSPS) is 13.7. The number of carbonyl (C=O) groups is 2. The van der Waals surface area contributed by atoms with E-state index in [1.807, 2.05) is 11.8 Å². The molecule has 35 heavy (non-hydrogen) atoms. The van der Waals surface area contributed by atoms with Crippen molar-refractivity contribution in [1.29, 1.82) is 0 Å². The topological polar surface area (TPSA) is 132 Å². The highest BCUT2D eigenvalue weighted by Gasteiger charge is 2.22. The predicted octanol–water partition coefficient (Wildman–Crippen LogP) is 2.61. The van der Waals surface area contributed by atoms with Gasteiger partial charge in [-0.3, -0.25) is 14.4 Å². The van der Waals surface area contributed by atoms with E-state index >= 15 is 0 Å². The van der Waals surface area contributed by atoms with E-state index < -0.39 is 16.0 Å². The summed E-state index contributed by atoms with van der Waals surface area (Å²) in [5.41, 5.74) is 0.830. The van der Waals surface area contributed by atoms with Crippen LogP contribution in [-0.4, -0.2) is 80.3 Å². The second-order valence-corrected chi connectivity index (χ2v) is 9.69. The van der Waals surface area contributed by atoms with E-state index in [-0.39, 0.29) is 54.4 Å². The van der Waals surface area contributed by atoms with E-state index in [4.69, 9.17) is 0 Å². The smallest absolute Gasteiger partial charge is 0.336 e. The molecule has 14 heteroatoms. The number of rotatable bonds is 9. The maximum Gasteiger partial charge on any atom is 0.336 e. The van der Waals surface area contributed by atoms with E-state index in [2.05, 4.69) is 19.9 Å². The fraction of sp³-hybridized carbons (Fsp3) is 0.476. The molecule has 1 aliphatic heterocycles. The number of carboxylic acid groups (broad SMARTS) is 1. The number of hydrogen-bond acceptors (Lipinski definition) is 7. The summed E-state index contributed by atoms with van der Waals surface area (Å²) in [4.78, 5) is 32.5. The summed E-state index contributed by atoms with van der Waals surface area (Å²) in [7, 11) is -3.48. The minimum absolute atomic E-state index is 0. The number of amides is 1. The van der Waals surface area contributed by atoms with Crippen LogP contribution in [0.4, 0.5) is 11.5 Å². The van der Waals surface area contributed by atoms with Gasteiger partial charge in [-0.25, -0.2) is 18.2 Å². The van der Waals surface area contributed by atoms with Gasteiger partial charge in [0, 0.05) is 43.8 Å². The molecule has 198 valence electrons. The first kappa shape index (κ1) is 33.0. The van der Waals surface area contributed by atoms with E-state index in [1.165, 1.54) is 19.1 Å².